The summed E-state index contributed by atoms with van der Waals surface area (Å²) in [6.45, 7) is 1.04. The van der Waals surface area contributed by atoms with Crippen LogP contribution in [-0.4, -0.2) is 64.8 Å². The van der Waals surface area contributed by atoms with E-state index < -0.39 is 23.0 Å². The Morgan fingerprint density at radius 1 is 0.938 bits per heavy atom. The van der Waals surface area contributed by atoms with Gasteiger partial charge in [0.1, 0.15) is 0 Å². The molecule has 0 saturated carbocycles. The monoisotopic (exact) mass is 470 g/mol. The number of ketones is 2. The van der Waals surface area contributed by atoms with Crippen molar-refractivity contribution in [2.45, 2.75) is 88.0 Å². The van der Waals surface area contributed by atoms with Gasteiger partial charge in [-0.2, -0.15) is 11.8 Å². The summed E-state index contributed by atoms with van der Waals surface area (Å²) in [5.41, 5.74) is 9.03. The molecule has 0 radical (unpaired) electrons. The zero-order valence-electron chi connectivity index (χ0n) is 18.8. The second-order valence-electron chi connectivity index (χ2n) is 8.77. The second-order valence-corrected chi connectivity index (χ2v) is 10.0. The summed E-state index contributed by atoms with van der Waals surface area (Å²) >= 11 is 1.73. The van der Waals surface area contributed by atoms with Crippen molar-refractivity contribution in [1.82, 2.24) is 10.6 Å². The van der Waals surface area contributed by atoms with E-state index in [4.69, 9.17) is 11.5 Å². The summed E-state index contributed by atoms with van der Waals surface area (Å²) in [7, 11) is 0. The van der Waals surface area contributed by atoms with Gasteiger partial charge < -0.3 is 27.2 Å². The summed E-state index contributed by atoms with van der Waals surface area (Å²) in [6.07, 6.45) is 5.29. The SMILES string of the molecule is NCCCCCC(=O)C(CCC[C@@H]1SC[C@@H]2NC(=O)N[C@@H]21)(C(=O)O)C(=O)CCCCCN. The Bertz CT molecular complexity index is 651. The third kappa shape index (κ3) is 6.68. The van der Waals surface area contributed by atoms with Crippen molar-refractivity contribution in [2.75, 3.05) is 18.8 Å². The Labute approximate surface area is 194 Å². The van der Waals surface area contributed by atoms with Crippen LogP contribution in [0.5, 0.6) is 0 Å². The van der Waals surface area contributed by atoms with Gasteiger partial charge in [-0.1, -0.05) is 19.3 Å². The molecule has 182 valence electrons. The van der Waals surface area contributed by atoms with Gasteiger partial charge in [-0.15, -0.1) is 0 Å². The zero-order valence-corrected chi connectivity index (χ0v) is 19.6. The van der Waals surface area contributed by atoms with Gasteiger partial charge >= 0.3 is 12.0 Å². The molecule has 0 aliphatic carbocycles. The molecule has 2 saturated heterocycles. The number of carbonyl (C=O) groups excluding carboxylic acids is 3. The maximum absolute atomic E-state index is 13.1. The normalized spacial score (nSPS) is 22.3. The lowest BCUT2D eigenvalue weighted by molar-refractivity contribution is -0.160. The predicted molar refractivity (Wildman–Crippen MR) is 124 cm³/mol. The van der Waals surface area contributed by atoms with E-state index in [0.29, 0.717) is 38.8 Å². The van der Waals surface area contributed by atoms with Gasteiger partial charge in [0.25, 0.3) is 0 Å². The van der Waals surface area contributed by atoms with Crippen molar-refractivity contribution < 1.29 is 24.3 Å². The average molecular weight is 471 g/mol. The van der Waals surface area contributed by atoms with E-state index in [0.717, 1.165) is 31.4 Å². The van der Waals surface area contributed by atoms with Crippen molar-refractivity contribution >= 4 is 35.3 Å². The predicted octanol–water partition coefficient (Wildman–Crippen LogP) is 1.57. The number of unbranched alkanes of at least 4 members (excludes halogenated alkanes) is 4. The van der Waals surface area contributed by atoms with Crippen LogP contribution in [0.4, 0.5) is 4.79 Å². The summed E-state index contributed by atoms with van der Waals surface area (Å²) in [5.74, 6) is -1.51. The van der Waals surface area contributed by atoms with Gasteiger partial charge in [0.2, 0.25) is 0 Å². The molecule has 0 aromatic carbocycles. The maximum Gasteiger partial charge on any atom is 0.324 e. The Hall–Kier alpha value is -1.65. The van der Waals surface area contributed by atoms with Gasteiger partial charge in [0.05, 0.1) is 12.1 Å². The minimum atomic E-state index is -1.98. The number of fused-ring (bicyclic) bond motifs is 1. The number of aliphatic carboxylic acids is 1. The van der Waals surface area contributed by atoms with Crippen LogP contribution in [0.25, 0.3) is 0 Å². The summed E-state index contributed by atoms with van der Waals surface area (Å²) in [5, 5.41) is 16.0. The van der Waals surface area contributed by atoms with Crippen LogP contribution in [0.1, 0.15) is 70.6 Å². The van der Waals surface area contributed by atoms with Crippen LogP contribution in [0, 0.1) is 5.41 Å². The summed E-state index contributed by atoms with van der Waals surface area (Å²) in [6, 6.07) is -0.0914. The molecule has 2 aliphatic heterocycles. The fraction of sp³-hybridized carbons (Fsp3) is 0.818. The van der Waals surface area contributed by atoms with E-state index in [9.17, 15) is 24.3 Å². The molecule has 32 heavy (non-hydrogen) atoms. The highest BCUT2D eigenvalue weighted by Crippen LogP contribution is 2.37. The fourth-order valence-electron chi connectivity index (χ4n) is 4.63. The molecule has 7 N–H and O–H groups in total. The fourth-order valence-corrected chi connectivity index (χ4v) is 6.17. The van der Waals surface area contributed by atoms with E-state index >= 15 is 0 Å². The van der Waals surface area contributed by atoms with Crippen LogP contribution in [0.3, 0.4) is 0 Å². The topological polar surface area (TPSA) is 165 Å². The van der Waals surface area contributed by atoms with Gasteiger partial charge in [-0.3, -0.25) is 14.4 Å². The van der Waals surface area contributed by atoms with Crippen LogP contribution < -0.4 is 22.1 Å². The van der Waals surface area contributed by atoms with Gasteiger partial charge in [0.15, 0.2) is 17.0 Å². The minimum absolute atomic E-state index is 0.00357. The lowest BCUT2D eigenvalue weighted by atomic mass is 9.72. The number of urea groups is 1. The first-order valence-corrected chi connectivity index (χ1v) is 12.8. The molecule has 2 rings (SSSR count). The van der Waals surface area contributed by atoms with E-state index in [-0.39, 0.29) is 42.6 Å². The van der Waals surface area contributed by atoms with Gasteiger partial charge in [-0.25, -0.2) is 4.79 Å². The number of nitrogens with one attached hydrogen (secondary N) is 2. The molecule has 2 fully saturated rings. The lowest BCUT2D eigenvalue weighted by Crippen LogP contribution is -2.46. The van der Waals surface area contributed by atoms with Crippen LogP contribution in [-0.2, 0) is 14.4 Å². The highest BCUT2D eigenvalue weighted by molar-refractivity contribution is 8.00. The number of amides is 2. The highest BCUT2D eigenvalue weighted by atomic mass is 32.2. The van der Waals surface area contributed by atoms with Crippen molar-refractivity contribution in [2.24, 2.45) is 16.9 Å². The number of hydrogen-bond donors (Lipinski definition) is 5. The van der Waals surface area contributed by atoms with Crippen molar-refractivity contribution in [3.63, 3.8) is 0 Å². The largest absolute Gasteiger partial charge is 0.480 e. The van der Waals surface area contributed by atoms with Crippen molar-refractivity contribution in [3.8, 4) is 0 Å². The third-order valence-electron chi connectivity index (χ3n) is 6.51. The van der Waals surface area contributed by atoms with Gasteiger partial charge in [0, 0.05) is 23.8 Å². The molecule has 2 amide bonds. The Balaban J connectivity index is 2.05. The number of nitrogens with two attached hydrogens (primary N) is 2. The first kappa shape index (κ1) is 26.6. The van der Waals surface area contributed by atoms with E-state index in [2.05, 4.69) is 10.6 Å². The van der Waals surface area contributed by atoms with Gasteiger partial charge in [-0.05, 0) is 51.6 Å². The molecule has 10 heteroatoms. The Morgan fingerprint density at radius 2 is 1.53 bits per heavy atom. The van der Waals surface area contributed by atoms with Crippen LogP contribution >= 0.6 is 11.8 Å². The Kier molecular flexibility index (Phi) is 10.9. The van der Waals surface area contributed by atoms with Crippen molar-refractivity contribution in [3.05, 3.63) is 0 Å². The molecule has 0 aromatic rings. The molecule has 0 bridgehead atoms. The van der Waals surface area contributed by atoms with E-state index in [1.54, 1.807) is 11.8 Å². The number of Topliss-reactive ketones (excluding diaryl/α,β-unsaturated/α-hetero) is 2. The smallest absolute Gasteiger partial charge is 0.324 e. The molecule has 3 atom stereocenters. The maximum atomic E-state index is 13.1. The third-order valence-corrected chi connectivity index (χ3v) is 8.02. The summed E-state index contributed by atoms with van der Waals surface area (Å²) < 4.78 is 0. The minimum Gasteiger partial charge on any atom is -0.480 e. The van der Waals surface area contributed by atoms with E-state index in [1.165, 1.54) is 0 Å². The standard InChI is InChI=1S/C22H38N4O5S/c23-12-5-1-3-9-17(27)22(20(29)30,18(28)10-4-2-6-13-24)11-7-8-16-19-15(14-32-16)25-21(31)26-19/h15-16,19H,1-14,23-24H2,(H,29,30)(H2,25,26,31)/t15-,16-,19-/m0/s1. The number of hydrogen-bond acceptors (Lipinski definition) is 7. The molecular formula is C22H38N4O5S. The molecular weight excluding hydrogens is 432 g/mol. The number of carbonyl (C=O) groups is 4. The molecule has 9 nitrogen and oxygen atoms in total. The molecule has 0 aromatic heterocycles. The lowest BCUT2D eigenvalue weighted by Gasteiger charge is -2.28. The average Bonchev–Trinajstić information content (AvgIpc) is 3.30. The number of thioether (sulfide) groups is 1. The quantitative estimate of drug-likeness (QED) is 0.121. The number of rotatable bonds is 17. The molecule has 0 unspecified atom stereocenters. The van der Waals surface area contributed by atoms with Crippen molar-refractivity contribution in [1.29, 1.82) is 0 Å². The highest BCUT2D eigenvalue weighted by Gasteiger charge is 2.51. The first-order valence-electron chi connectivity index (χ1n) is 11.8. The number of carboxylic acids is 1. The van der Waals surface area contributed by atoms with E-state index in [1.807, 2.05) is 0 Å². The second kappa shape index (κ2) is 13.2. The van der Waals surface area contributed by atoms with Crippen LogP contribution in [0.2, 0.25) is 0 Å². The summed E-state index contributed by atoms with van der Waals surface area (Å²) in [4.78, 5) is 50.2. The first-order chi connectivity index (χ1) is 15.4. The molecule has 0 spiro atoms. The zero-order chi connectivity index (χ0) is 23.6. The molecule has 2 heterocycles. The van der Waals surface area contributed by atoms with Crippen LogP contribution in [0.15, 0.2) is 0 Å². The Morgan fingerprint density at radius 3 is 2.06 bits per heavy atom. The number of carboxylic acid groups (broad SMARTS) is 1. The molecule has 2 aliphatic rings.